The zero-order valence-corrected chi connectivity index (χ0v) is 17.7. The van der Waals surface area contributed by atoms with Crippen molar-refractivity contribution in [2.45, 2.75) is 6.54 Å². The molecule has 6 nitrogen and oxygen atoms in total. The maximum absolute atomic E-state index is 12.9. The van der Waals surface area contributed by atoms with Crippen LogP contribution in [0.5, 0.6) is 11.5 Å². The molecule has 33 heavy (non-hydrogen) atoms. The van der Waals surface area contributed by atoms with Gasteiger partial charge in [0.05, 0.1) is 12.8 Å². The summed E-state index contributed by atoms with van der Waals surface area (Å²) in [6, 6.07) is 28.9. The molecule has 0 radical (unpaired) electrons. The molecule has 0 aliphatic carbocycles. The quantitative estimate of drug-likeness (QED) is 0.373. The third kappa shape index (κ3) is 6.21. The van der Waals surface area contributed by atoms with Crippen molar-refractivity contribution in [1.29, 1.82) is 0 Å². The third-order valence-corrected chi connectivity index (χ3v) is 4.68. The molecule has 6 heteroatoms. The minimum atomic E-state index is -0.440. The van der Waals surface area contributed by atoms with E-state index in [1.807, 2.05) is 54.6 Å². The number of ether oxygens (including phenoxy) is 1. The summed E-state index contributed by atoms with van der Waals surface area (Å²) in [7, 11) is 0. The summed E-state index contributed by atoms with van der Waals surface area (Å²) >= 11 is 0. The van der Waals surface area contributed by atoms with Gasteiger partial charge in [-0.25, -0.2) is 0 Å². The molecular formula is C27H22N2O4. The molecule has 0 spiro atoms. The van der Waals surface area contributed by atoms with E-state index in [0.29, 0.717) is 28.4 Å². The van der Waals surface area contributed by atoms with Crippen LogP contribution in [0.4, 0.5) is 0 Å². The Bertz CT molecular complexity index is 1230. The number of benzene rings is 3. The first-order chi connectivity index (χ1) is 16.2. The maximum Gasteiger partial charge on any atom is 0.268 e. The number of furan rings is 1. The van der Waals surface area contributed by atoms with Gasteiger partial charge in [-0.2, -0.15) is 0 Å². The molecule has 4 aromatic rings. The Labute approximate surface area is 191 Å². The van der Waals surface area contributed by atoms with Crippen molar-refractivity contribution in [3.8, 4) is 11.5 Å². The van der Waals surface area contributed by atoms with Gasteiger partial charge in [0.15, 0.2) is 0 Å². The molecule has 0 saturated carbocycles. The van der Waals surface area contributed by atoms with Crippen LogP contribution in [0.25, 0.3) is 6.08 Å². The summed E-state index contributed by atoms with van der Waals surface area (Å²) in [4.78, 5) is 25.6. The summed E-state index contributed by atoms with van der Waals surface area (Å²) < 4.78 is 11.1. The van der Waals surface area contributed by atoms with E-state index in [1.165, 1.54) is 6.26 Å². The molecule has 3 aromatic carbocycles. The Morgan fingerprint density at radius 2 is 1.55 bits per heavy atom. The van der Waals surface area contributed by atoms with Crippen LogP contribution in [-0.4, -0.2) is 11.8 Å². The van der Waals surface area contributed by atoms with Gasteiger partial charge in [-0.05, 0) is 60.2 Å². The van der Waals surface area contributed by atoms with Crippen molar-refractivity contribution >= 4 is 17.9 Å². The van der Waals surface area contributed by atoms with Crippen molar-refractivity contribution in [1.82, 2.24) is 10.6 Å². The van der Waals surface area contributed by atoms with Gasteiger partial charge in [0.1, 0.15) is 23.0 Å². The lowest BCUT2D eigenvalue weighted by Gasteiger charge is -2.11. The lowest BCUT2D eigenvalue weighted by molar-refractivity contribution is -0.118. The molecule has 0 unspecified atom stereocenters. The Morgan fingerprint density at radius 1 is 0.818 bits per heavy atom. The Hall–Kier alpha value is -4.58. The molecule has 2 N–H and O–H groups in total. The summed E-state index contributed by atoms with van der Waals surface area (Å²) in [5, 5.41) is 5.49. The highest BCUT2D eigenvalue weighted by atomic mass is 16.5. The highest BCUT2D eigenvalue weighted by Gasteiger charge is 2.15. The van der Waals surface area contributed by atoms with E-state index in [4.69, 9.17) is 9.15 Å². The van der Waals surface area contributed by atoms with E-state index in [2.05, 4.69) is 10.6 Å². The number of rotatable bonds is 8. The highest BCUT2D eigenvalue weighted by Crippen LogP contribution is 2.22. The second kappa shape index (κ2) is 10.6. The van der Waals surface area contributed by atoms with E-state index in [-0.39, 0.29) is 18.1 Å². The summed E-state index contributed by atoms with van der Waals surface area (Å²) in [5.74, 6) is 1.10. The van der Waals surface area contributed by atoms with Gasteiger partial charge >= 0.3 is 0 Å². The molecule has 0 aliphatic rings. The molecule has 0 atom stereocenters. The van der Waals surface area contributed by atoms with Crippen LogP contribution in [0.1, 0.15) is 21.7 Å². The lowest BCUT2D eigenvalue weighted by Crippen LogP contribution is -2.34. The molecule has 0 bridgehead atoms. The average Bonchev–Trinajstić information content (AvgIpc) is 3.37. The number of amides is 2. The number of para-hydroxylation sites is 1. The van der Waals surface area contributed by atoms with E-state index in [1.54, 1.807) is 48.5 Å². The van der Waals surface area contributed by atoms with Gasteiger partial charge in [0.2, 0.25) is 0 Å². The number of hydrogen-bond donors (Lipinski definition) is 2. The van der Waals surface area contributed by atoms with Crippen molar-refractivity contribution in [3.05, 3.63) is 126 Å². The molecule has 2 amide bonds. The summed E-state index contributed by atoms with van der Waals surface area (Å²) in [6.45, 7) is 0.196. The molecular weight excluding hydrogens is 416 g/mol. The zero-order chi connectivity index (χ0) is 22.9. The predicted octanol–water partition coefficient (Wildman–Crippen LogP) is 5.16. The molecule has 0 aliphatic heterocycles. The Morgan fingerprint density at radius 3 is 2.27 bits per heavy atom. The van der Waals surface area contributed by atoms with Gasteiger partial charge in [-0.15, -0.1) is 0 Å². The van der Waals surface area contributed by atoms with Crippen LogP contribution >= 0.6 is 0 Å². The van der Waals surface area contributed by atoms with Gasteiger partial charge in [-0.3, -0.25) is 9.59 Å². The lowest BCUT2D eigenvalue weighted by atomic mass is 10.1. The van der Waals surface area contributed by atoms with Gasteiger partial charge in [-0.1, -0.05) is 48.5 Å². The first-order valence-corrected chi connectivity index (χ1v) is 10.4. The topological polar surface area (TPSA) is 80.6 Å². The minimum Gasteiger partial charge on any atom is -0.467 e. The normalized spacial score (nSPS) is 11.0. The van der Waals surface area contributed by atoms with Crippen LogP contribution < -0.4 is 15.4 Å². The smallest absolute Gasteiger partial charge is 0.268 e. The molecule has 0 saturated heterocycles. The van der Waals surface area contributed by atoms with E-state index in [0.717, 1.165) is 0 Å². The highest BCUT2D eigenvalue weighted by molar-refractivity contribution is 6.05. The second-order valence-corrected chi connectivity index (χ2v) is 7.13. The SMILES string of the molecule is O=C(NCc1ccco1)/C(=C/c1cccc(Oc2ccccc2)c1)NC(=O)c1ccccc1. The summed E-state index contributed by atoms with van der Waals surface area (Å²) in [5.41, 5.74) is 1.25. The first-order valence-electron chi connectivity index (χ1n) is 10.4. The number of nitrogens with one attached hydrogen (secondary N) is 2. The van der Waals surface area contributed by atoms with E-state index < -0.39 is 5.91 Å². The second-order valence-electron chi connectivity index (χ2n) is 7.13. The van der Waals surface area contributed by atoms with E-state index in [9.17, 15) is 9.59 Å². The van der Waals surface area contributed by atoms with Gasteiger partial charge in [0.25, 0.3) is 11.8 Å². The van der Waals surface area contributed by atoms with Crippen LogP contribution in [0.2, 0.25) is 0 Å². The zero-order valence-electron chi connectivity index (χ0n) is 17.7. The fourth-order valence-electron chi connectivity index (χ4n) is 3.08. The maximum atomic E-state index is 12.9. The van der Waals surface area contributed by atoms with Crippen molar-refractivity contribution < 1.29 is 18.7 Å². The van der Waals surface area contributed by atoms with Crippen LogP contribution in [0.3, 0.4) is 0 Å². The van der Waals surface area contributed by atoms with Gasteiger partial charge < -0.3 is 19.8 Å². The first kappa shape index (κ1) is 21.6. The molecule has 0 fully saturated rings. The minimum absolute atomic E-state index is 0.104. The third-order valence-electron chi connectivity index (χ3n) is 4.68. The predicted molar refractivity (Wildman–Crippen MR) is 125 cm³/mol. The van der Waals surface area contributed by atoms with Crippen molar-refractivity contribution in [3.63, 3.8) is 0 Å². The Kier molecular flexibility index (Phi) is 6.98. The fourth-order valence-corrected chi connectivity index (χ4v) is 3.08. The van der Waals surface area contributed by atoms with Gasteiger partial charge in [0, 0.05) is 5.56 Å². The van der Waals surface area contributed by atoms with Crippen LogP contribution in [0.15, 0.2) is 113 Å². The van der Waals surface area contributed by atoms with Crippen molar-refractivity contribution in [2.75, 3.05) is 0 Å². The number of hydrogen-bond acceptors (Lipinski definition) is 4. The summed E-state index contributed by atoms with van der Waals surface area (Å²) in [6.07, 6.45) is 3.14. The fraction of sp³-hybridized carbons (Fsp3) is 0.0370. The molecule has 164 valence electrons. The largest absolute Gasteiger partial charge is 0.467 e. The van der Waals surface area contributed by atoms with Crippen molar-refractivity contribution in [2.24, 2.45) is 0 Å². The monoisotopic (exact) mass is 438 g/mol. The number of carbonyl (C=O) groups excluding carboxylic acids is 2. The molecule has 1 aromatic heterocycles. The standard InChI is InChI=1S/C27H22N2O4/c30-26(21-10-3-1-4-11-21)29-25(27(31)28-19-24-15-8-16-32-24)18-20-9-7-14-23(17-20)33-22-12-5-2-6-13-22/h1-18H,19H2,(H,28,31)(H,29,30)/b25-18-. The van der Waals surface area contributed by atoms with E-state index >= 15 is 0 Å². The molecule has 1 heterocycles. The number of carbonyl (C=O) groups is 2. The van der Waals surface area contributed by atoms with Crippen LogP contribution in [-0.2, 0) is 11.3 Å². The average molecular weight is 438 g/mol. The van der Waals surface area contributed by atoms with Crippen LogP contribution in [0, 0.1) is 0 Å². The molecule has 4 rings (SSSR count). The Balaban J connectivity index is 1.56.